The van der Waals surface area contributed by atoms with Crippen LogP contribution in [-0.2, 0) is 19.1 Å². The van der Waals surface area contributed by atoms with Gasteiger partial charge in [0.05, 0.1) is 0 Å². The predicted molar refractivity (Wildman–Crippen MR) is 143 cm³/mol. The Kier molecular flexibility index (Phi) is 6.24. The molecule has 0 saturated heterocycles. The Bertz CT molecular complexity index is 1220. The fourth-order valence-corrected chi connectivity index (χ4v) is 6.89. The van der Waals surface area contributed by atoms with E-state index in [9.17, 15) is 9.59 Å². The second-order valence-corrected chi connectivity index (χ2v) is 12.2. The zero-order valence-electron chi connectivity index (χ0n) is 21.1. The molecule has 4 nitrogen and oxygen atoms in total. The highest BCUT2D eigenvalue weighted by Crippen LogP contribution is 2.55. The summed E-state index contributed by atoms with van der Waals surface area (Å²) in [6.07, 6.45) is 3.43. The molecule has 4 aliphatic rings. The Labute approximate surface area is 227 Å². The first kappa shape index (κ1) is 24.8. The smallest absolute Gasteiger partial charge is 0.252 e. The lowest BCUT2D eigenvalue weighted by Gasteiger charge is -2.50. The highest BCUT2D eigenvalue weighted by Gasteiger charge is 2.53. The van der Waals surface area contributed by atoms with Gasteiger partial charge in [0.25, 0.3) is 5.79 Å². The van der Waals surface area contributed by atoms with Crippen molar-refractivity contribution in [3.63, 3.8) is 0 Å². The summed E-state index contributed by atoms with van der Waals surface area (Å²) in [5.74, 6) is 0.888. The Morgan fingerprint density at radius 2 is 1.03 bits per heavy atom. The second kappa shape index (κ2) is 9.32. The third-order valence-corrected chi connectivity index (χ3v) is 8.73. The number of ether oxygens (including phenoxy) is 2. The standard InChI is InChI=1S/C31H30Cl2O4/c1-17-11-25(34)29-23(19-3-7-21(32)8-4-19)15-31(36-27(29)13-17)16-24(20-5-9-22(33)10-6-20)30-26(35)12-18(2)14-28(30)37-31/h3-10,17-18,23-24H,11-16H2,1-2H3. The minimum absolute atomic E-state index is 0.148. The van der Waals surface area contributed by atoms with Gasteiger partial charge in [-0.1, -0.05) is 61.3 Å². The lowest BCUT2D eigenvalue weighted by Crippen LogP contribution is -2.48. The fraction of sp³-hybridized carbons (Fsp3) is 0.419. The van der Waals surface area contributed by atoms with E-state index < -0.39 is 5.79 Å². The molecule has 0 bridgehead atoms. The van der Waals surface area contributed by atoms with Crippen molar-refractivity contribution in [3.05, 3.63) is 92.4 Å². The summed E-state index contributed by atoms with van der Waals surface area (Å²) in [7, 11) is 0. The molecule has 2 aliphatic heterocycles. The third-order valence-electron chi connectivity index (χ3n) is 8.23. The van der Waals surface area contributed by atoms with Crippen LogP contribution in [0.3, 0.4) is 0 Å². The molecule has 0 aromatic heterocycles. The molecule has 192 valence electrons. The van der Waals surface area contributed by atoms with E-state index in [1.54, 1.807) is 0 Å². The molecule has 0 amide bonds. The van der Waals surface area contributed by atoms with E-state index in [1.165, 1.54) is 0 Å². The SMILES string of the molecule is CC1CC(=O)C2=C(C1)OC1(CC2c2ccc(Cl)cc2)CC(c2ccc(Cl)cc2)C2=C(CC(C)CC2=O)O1. The lowest BCUT2D eigenvalue weighted by atomic mass is 9.70. The average Bonchev–Trinajstić information content (AvgIpc) is 2.83. The van der Waals surface area contributed by atoms with Crippen LogP contribution < -0.4 is 0 Å². The number of carbonyl (C=O) groups is 2. The monoisotopic (exact) mass is 536 g/mol. The van der Waals surface area contributed by atoms with Crippen LogP contribution in [-0.4, -0.2) is 17.4 Å². The fourth-order valence-electron chi connectivity index (χ4n) is 6.64. The third kappa shape index (κ3) is 4.53. The van der Waals surface area contributed by atoms with Crippen LogP contribution in [0.4, 0.5) is 0 Å². The summed E-state index contributed by atoms with van der Waals surface area (Å²) in [4.78, 5) is 26.6. The first-order chi connectivity index (χ1) is 17.7. The maximum absolute atomic E-state index is 13.3. The molecule has 4 atom stereocenters. The van der Waals surface area contributed by atoms with Gasteiger partial charge in [-0.15, -0.1) is 0 Å². The zero-order chi connectivity index (χ0) is 25.9. The maximum atomic E-state index is 13.3. The molecule has 2 aromatic rings. The molecule has 37 heavy (non-hydrogen) atoms. The summed E-state index contributed by atoms with van der Waals surface area (Å²) >= 11 is 12.4. The van der Waals surface area contributed by atoms with Gasteiger partial charge in [-0.05, 0) is 47.2 Å². The van der Waals surface area contributed by atoms with Gasteiger partial charge in [0.1, 0.15) is 11.5 Å². The van der Waals surface area contributed by atoms with Crippen molar-refractivity contribution in [3.8, 4) is 0 Å². The number of ketones is 2. The van der Waals surface area contributed by atoms with E-state index in [0.717, 1.165) is 33.8 Å². The Balaban J connectivity index is 1.48. The second-order valence-electron chi connectivity index (χ2n) is 11.3. The van der Waals surface area contributed by atoms with Gasteiger partial charge in [0, 0.05) is 71.6 Å². The van der Waals surface area contributed by atoms with Crippen LogP contribution in [0.1, 0.15) is 75.3 Å². The molecule has 6 rings (SSSR count). The molecule has 0 radical (unpaired) electrons. The van der Waals surface area contributed by atoms with Gasteiger partial charge in [0.2, 0.25) is 0 Å². The minimum atomic E-state index is -0.971. The summed E-state index contributed by atoms with van der Waals surface area (Å²) in [6, 6.07) is 15.5. The van der Waals surface area contributed by atoms with Gasteiger partial charge in [0.15, 0.2) is 11.6 Å². The highest BCUT2D eigenvalue weighted by molar-refractivity contribution is 6.30. The van der Waals surface area contributed by atoms with Crippen molar-refractivity contribution in [2.45, 2.75) is 70.0 Å². The van der Waals surface area contributed by atoms with Crippen molar-refractivity contribution in [1.29, 1.82) is 0 Å². The Morgan fingerprint density at radius 3 is 1.41 bits per heavy atom. The largest absolute Gasteiger partial charge is 0.456 e. The molecule has 0 fully saturated rings. The number of hydrogen-bond donors (Lipinski definition) is 0. The van der Waals surface area contributed by atoms with E-state index in [4.69, 9.17) is 32.7 Å². The summed E-state index contributed by atoms with van der Waals surface area (Å²) in [5.41, 5.74) is 3.60. The van der Waals surface area contributed by atoms with Gasteiger partial charge < -0.3 is 9.47 Å². The van der Waals surface area contributed by atoms with Crippen LogP contribution in [0.25, 0.3) is 0 Å². The molecule has 2 aliphatic carbocycles. The zero-order valence-corrected chi connectivity index (χ0v) is 22.6. The van der Waals surface area contributed by atoms with Crippen LogP contribution in [0.15, 0.2) is 71.2 Å². The molecule has 6 heteroatoms. The molecule has 0 N–H and O–H groups in total. The number of allylic oxidation sites excluding steroid dienone is 4. The summed E-state index contributed by atoms with van der Waals surface area (Å²) < 4.78 is 13.5. The van der Waals surface area contributed by atoms with Gasteiger partial charge in [-0.3, -0.25) is 9.59 Å². The molecule has 2 heterocycles. The van der Waals surface area contributed by atoms with Crippen molar-refractivity contribution in [1.82, 2.24) is 0 Å². The summed E-state index contributed by atoms with van der Waals surface area (Å²) in [6.45, 7) is 4.17. The number of hydrogen-bond acceptors (Lipinski definition) is 4. The van der Waals surface area contributed by atoms with Crippen molar-refractivity contribution in [2.24, 2.45) is 11.8 Å². The summed E-state index contributed by atoms with van der Waals surface area (Å²) in [5, 5.41) is 1.31. The van der Waals surface area contributed by atoms with Gasteiger partial charge in [-0.25, -0.2) is 0 Å². The quantitative estimate of drug-likeness (QED) is 0.391. The minimum Gasteiger partial charge on any atom is -0.456 e. The van der Waals surface area contributed by atoms with Crippen molar-refractivity contribution >= 4 is 34.8 Å². The predicted octanol–water partition coefficient (Wildman–Crippen LogP) is 7.90. The number of halogens is 2. The van der Waals surface area contributed by atoms with E-state index in [0.29, 0.717) is 48.6 Å². The van der Waals surface area contributed by atoms with Crippen molar-refractivity contribution in [2.75, 3.05) is 0 Å². The highest BCUT2D eigenvalue weighted by atomic mass is 35.5. The van der Waals surface area contributed by atoms with E-state index in [-0.39, 0.29) is 35.2 Å². The number of rotatable bonds is 2. The van der Waals surface area contributed by atoms with E-state index >= 15 is 0 Å². The lowest BCUT2D eigenvalue weighted by molar-refractivity contribution is -0.225. The molecule has 1 spiro atoms. The van der Waals surface area contributed by atoms with Crippen molar-refractivity contribution < 1.29 is 19.1 Å². The molecular weight excluding hydrogens is 507 g/mol. The molecule has 0 saturated carbocycles. The number of carbonyl (C=O) groups excluding carboxylic acids is 2. The number of Topliss-reactive ketones (excluding diaryl/α,β-unsaturated/α-hetero) is 2. The van der Waals surface area contributed by atoms with Gasteiger partial charge in [-0.2, -0.15) is 0 Å². The molecule has 4 unspecified atom stereocenters. The molecule has 2 aromatic carbocycles. The first-order valence-corrected chi connectivity index (χ1v) is 13.9. The normalized spacial score (nSPS) is 31.6. The van der Waals surface area contributed by atoms with Gasteiger partial charge >= 0.3 is 0 Å². The van der Waals surface area contributed by atoms with E-state index in [2.05, 4.69) is 13.8 Å². The number of benzene rings is 2. The van der Waals surface area contributed by atoms with Crippen LogP contribution in [0.5, 0.6) is 0 Å². The Morgan fingerprint density at radius 1 is 0.649 bits per heavy atom. The van der Waals surface area contributed by atoms with Crippen LogP contribution >= 0.6 is 23.2 Å². The maximum Gasteiger partial charge on any atom is 0.252 e. The first-order valence-electron chi connectivity index (χ1n) is 13.1. The van der Waals surface area contributed by atoms with Crippen LogP contribution in [0, 0.1) is 11.8 Å². The topological polar surface area (TPSA) is 52.6 Å². The molecular formula is C31H30Cl2O4. The Hall–Kier alpha value is -2.56. The van der Waals surface area contributed by atoms with Crippen LogP contribution in [0.2, 0.25) is 10.0 Å². The average molecular weight is 537 g/mol. The van der Waals surface area contributed by atoms with E-state index in [1.807, 2.05) is 48.5 Å².